The highest BCUT2D eigenvalue weighted by molar-refractivity contribution is 7.87. The van der Waals surface area contributed by atoms with Crippen LogP contribution in [0.25, 0.3) is 11.3 Å². The first-order valence-corrected chi connectivity index (χ1v) is 11.8. The fourth-order valence-electron chi connectivity index (χ4n) is 3.81. The monoisotopic (exact) mass is 473 g/mol. The normalized spacial score (nSPS) is 20.7. The molecule has 1 aliphatic rings. The van der Waals surface area contributed by atoms with Gasteiger partial charge >= 0.3 is 0 Å². The SMILES string of the molecule is CN1C(C(=O)Cc2ccc(F)c(Cl)c2)CC(c2cccc(-c3ccccn3)c2)NS1(=O)=O. The van der Waals surface area contributed by atoms with Gasteiger partial charge in [0.05, 0.1) is 16.8 Å². The first-order valence-electron chi connectivity index (χ1n) is 9.98. The molecule has 3 aromatic rings. The number of carbonyl (C=O) groups excluding carboxylic acids is 1. The van der Waals surface area contributed by atoms with Gasteiger partial charge in [0.15, 0.2) is 5.78 Å². The summed E-state index contributed by atoms with van der Waals surface area (Å²) in [5.74, 6) is -0.858. The molecule has 0 aliphatic carbocycles. The Kier molecular flexibility index (Phi) is 6.39. The zero-order valence-electron chi connectivity index (χ0n) is 17.2. The smallest absolute Gasteiger partial charge is 0.280 e. The number of Topliss-reactive ketones (excluding diaryl/α,β-unsaturated/α-hetero) is 1. The van der Waals surface area contributed by atoms with Crippen molar-refractivity contribution >= 4 is 27.6 Å². The molecular formula is C23H21ClFN3O3S. The third kappa shape index (κ3) is 4.73. The predicted octanol–water partition coefficient (Wildman–Crippen LogP) is 3.93. The second kappa shape index (κ2) is 9.07. The van der Waals surface area contributed by atoms with E-state index < -0.39 is 28.1 Å². The van der Waals surface area contributed by atoms with E-state index in [1.165, 1.54) is 25.2 Å². The highest BCUT2D eigenvalue weighted by Gasteiger charge is 2.40. The average Bonchev–Trinajstić information content (AvgIpc) is 2.78. The predicted molar refractivity (Wildman–Crippen MR) is 121 cm³/mol. The van der Waals surface area contributed by atoms with Crippen LogP contribution in [-0.2, 0) is 21.4 Å². The zero-order chi connectivity index (χ0) is 22.9. The molecule has 2 aromatic carbocycles. The molecule has 1 N–H and O–H groups in total. The molecule has 1 fully saturated rings. The molecule has 166 valence electrons. The van der Waals surface area contributed by atoms with Crippen molar-refractivity contribution in [2.24, 2.45) is 0 Å². The molecule has 2 atom stereocenters. The van der Waals surface area contributed by atoms with Gasteiger partial charge in [-0.3, -0.25) is 9.78 Å². The van der Waals surface area contributed by atoms with E-state index in [1.54, 1.807) is 6.20 Å². The number of hydrogen-bond acceptors (Lipinski definition) is 4. The Bertz CT molecular complexity index is 1250. The van der Waals surface area contributed by atoms with Crippen molar-refractivity contribution < 1.29 is 17.6 Å². The van der Waals surface area contributed by atoms with Crippen LogP contribution in [0.5, 0.6) is 0 Å². The van der Waals surface area contributed by atoms with E-state index in [1.807, 2.05) is 42.5 Å². The number of hydrogen-bond donors (Lipinski definition) is 1. The van der Waals surface area contributed by atoms with E-state index in [-0.39, 0.29) is 23.6 Å². The summed E-state index contributed by atoms with van der Waals surface area (Å²) < 4.78 is 42.7. The quantitative estimate of drug-likeness (QED) is 0.609. The highest BCUT2D eigenvalue weighted by Crippen LogP contribution is 2.31. The van der Waals surface area contributed by atoms with Gasteiger partial charge in [0, 0.05) is 31.3 Å². The van der Waals surface area contributed by atoms with Crippen molar-refractivity contribution in [1.82, 2.24) is 14.0 Å². The Morgan fingerprint density at radius 1 is 1.19 bits per heavy atom. The molecule has 1 aromatic heterocycles. The van der Waals surface area contributed by atoms with E-state index in [4.69, 9.17) is 11.6 Å². The summed E-state index contributed by atoms with van der Waals surface area (Å²) in [6.07, 6.45) is 1.90. The van der Waals surface area contributed by atoms with Gasteiger partial charge in [-0.15, -0.1) is 0 Å². The van der Waals surface area contributed by atoms with Gasteiger partial charge in [-0.25, -0.2) is 4.39 Å². The molecule has 0 radical (unpaired) electrons. The van der Waals surface area contributed by atoms with Crippen molar-refractivity contribution in [2.75, 3.05) is 7.05 Å². The summed E-state index contributed by atoms with van der Waals surface area (Å²) in [7, 11) is -2.50. The van der Waals surface area contributed by atoms with E-state index in [0.717, 1.165) is 21.1 Å². The third-order valence-corrected chi connectivity index (χ3v) is 7.44. The largest absolute Gasteiger partial charge is 0.298 e. The van der Waals surface area contributed by atoms with E-state index in [9.17, 15) is 17.6 Å². The van der Waals surface area contributed by atoms with Crippen LogP contribution in [0.4, 0.5) is 4.39 Å². The topological polar surface area (TPSA) is 79.4 Å². The molecule has 6 nitrogen and oxygen atoms in total. The molecule has 2 heterocycles. The summed E-state index contributed by atoms with van der Waals surface area (Å²) in [4.78, 5) is 17.4. The Morgan fingerprint density at radius 2 is 2.00 bits per heavy atom. The van der Waals surface area contributed by atoms with Gasteiger partial charge in [0.2, 0.25) is 0 Å². The van der Waals surface area contributed by atoms with Gasteiger partial charge < -0.3 is 0 Å². The number of halogens is 2. The lowest BCUT2D eigenvalue weighted by molar-refractivity contribution is -0.122. The number of aromatic nitrogens is 1. The Morgan fingerprint density at radius 3 is 2.72 bits per heavy atom. The molecule has 0 saturated carbocycles. The third-order valence-electron chi connectivity index (χ3n) is 5.55. The minimum absolute atomic E-state index is 0.0504. The van der Waals surface area contributed by atoms with Crippen LogP contribution in [-0.4, -0.2) is 36.6 Å². The summed E-state index contributed by atoms with van der Waals surface area (Å²) in [5.41, 5.74) is 2.89. The molecule has 0 spiro atoms. The van der Waals surface area contributed by atoms with Gasteiger partial charge in [0.25, 0.3) is 10.2 Å². The highest BCUT2D eigenvalue weighted by atomic mass is 35.5. The standard InChI is InChI=1S/C23H21ClFN3O3S/c1-28-22(23(29)12-15-8-9-19(25)18(24)11-15)14-21(27-32(28,30)31)17-6-4-5-16(13-17)20-7-2-3-10-26-20/h2-11,13,21-22,27H,12,14H2,1H3. The molecule has 0 amide bonds. The maximum atomic E-state index is 13.4. The van der Waals surface area contributed by atoms with Crippen molar-refractivity contribution in [2.45, 2.75) is 24.9 Å². The van der Waals surface area contributed by atoms with Crippen molar-refractivity contribution in [3.05, 3.63) is 88.8 Å². The molecule has 1 saturated heterocycles. The number of nitrogens with one attached hydrogen (secondary N) is 1. The van der Waals surface area contributed by atoms with Crippen LogP contribution in [0.1, 0.15) is 23.6 Å². The molecule has 4 rings (SSSR count). The first-order chi connectivity index (χ1) is 15.2. The van der Waals surface area contributed by atoms with Crippen LogP contribution in [0.3, 0.4) is 0 Å². The van der Waals surface area contributed by atoms with Gasteiger partial charge in [0.1, 0.15) is 5.82 Å². The summed E-state index contributed by atoms with van der Waals surface area (Å²) in [6.45, 7) is 0. The van der Waals surface area contributed by atoms with Crippen molar-refractivity contribution in [3.63, 3.8) is 0 Å². The second-order valence-electron chi connectivity index (χ2n) is 7.68. The minimum atomic E-state index is -3.88. The lowest BCUT2D eigenvalue weighted by Gasteiger charge is -2.36. The van der Waals surface area contributed by atoms with E-state index in [2.05, 4.69) is 9.71 Å². The Labute approximate surface area is 191 Å². The van der Waals surface area contributed by atoms with Gasteiger partial charge in [-0.1, -0.05) is 41.9 Å². The van der Waals surface area contributed by atoms with Crippen molar-refractivity contribution in [1.29, 1.82) is 0 Å². The maximum absolute atomic E-state index is 13.4. The second-order valence-corrected chi connectivity index (χ2v) is 9.84. The van der Waals surface area contributed by atoms with Gasteiger partial charge in [-0.05, 0) is 47.9 Å². The zero-order valence-corrected chi connectivity index (χ0v) is 18.8. The minimum Gasteiger partial charge on any atom is -0.298 e. The number of ketones is 1. The lowest BCUT2D eigenvalue weighted by Crippen LogP contribution is -2.55. The molecule has 1 aliphatic heterocycles. The molecule has 0 bridgehead atoms. The number of pyridine rings is 1. The maximum Gasteiger partial charge on any atom is 0.280 e. The fourth-order valence-corrected chi connectivity index (χ4v) is 5.31. The van der Waals surface area contributed by atoms with Crippen LogP contribution in [0.15, 0.2) is 66.9 Å². The Balaban J connectivity index is 1.60. The van der Waals surface area contributed by atoms with Crippen LogP contribution in [0, 0.1) is 5.82 Å². The number of rotatable bonds is 5. The molecule has 32 heavy (non-hydrogen) atoms. The van der Waals surface area contributed by atoms with E-state index in [0.29, 0.717) is 5.56 Å². The molecule has 9 heteroatoms. The summed E-state index contributed by atoms with van der Waals surface area (Å²) >= 11 is 5.82. The average molecular weight is 474 g/mol. The first kappa shape index (κ1) is 22.5. The van der Waals surface area contributed by atoms with E-state index >= 15 is 0 Å². The van der Waals surface area contributed by atoms with Crippen LogP contribution in [0.2, 0.25) is 5.02 Å². The number of likely N-dealkylation sites (N-methyl/N-ethyl adjacent to an activating group) is 1. The fraction of sp³-hybridized carbons (Fsp3) is 0.217. The molecule has 2 unspecified atom stereocenters. The summed E-state index contributed by atoms with van der Waals surface area (Å²) in [5, 5.41) is -0.0780. The van der Waals surface area contributed by atoms with Gasteiger partial charge in [-0.2, -0.15) is 17.4 Å². The number of carbonyl (C=O) groups is 1. The summed E-state index contributed by atoms with van der Waals surface area (Å²) in [6, 6.07) is 15.6. The number of benzene rings is 2. The lowest BCUT2D eigenvalue weighted by atomic mass is 9.93. The van der Waals surface area contributed by atoms with Crippen LogP contribution >= 0.6 is 11.6 Å². The number of nitrogens with zero attached hydrogens (tertiary/aromatic N) is 2. The van der Waals surface area contributed by atoms with Crippen LogP contribution < -0.4 is 4.72 Å². The molecular weight excluding hydrogens is 453 g/mol. The Hall–Kier alpha value is -2.65. The van der Waals surface area contributed by atoms with Crippen molar-refractivity contribution in [3.8, 4) is 11.3 Å².